The number of rotatable bonds is 6. The molecule has 2 aromatic heterocycles. The van der Waals surface area contributed by atoms with Gasteiger partial charge < -0.3 is 36.0 Å². The standard InChI is InChI=1S/C32H34F6N8O3S/c33-31(34,35)23-13-19(14-24(27(23)39)32(36,37)38)15-25(28(47)44-11-9-43(10-12-44)21-1-5-40-6-2-21)41-29(48)45-7-3-22(4-8-45)46-16-20-17-50-18-26(20)42-30(46)49/h1-2,5-6,13-14,17-18,22,25H,3-4,7-12,15-16,39H2,(H,41,48)(H,42,49)/t25-/m1/s1. The predicted molar refractivity (Wildman–Crippen MR) is 173 cm³/mol. The minimum atomic E-state index is -5.20. The van der Waals surface area contributed by atoms with E-state index in [0.29, 0.717) is 44.6 Å². The number of anilines is 3. The van der Waals surface area contributed by atoms with Crippen LogP contribution < -0.4 is 21.3 Å². The third-order valence-electron chi connectivity index (χ3n) is 9.28. The molecule has 1 aromatic carbocycles. The summed E-state index contributed by atoms with van der Waals surface area (Å²) in [4.78, 5) is 50.8. The number of fused-ring (bicyclic) bond motifs is 1. The van der Waals surface area contributed by atoms with Crippen molar-refractivity contribution in [2.45, 2.75) is 50.2 Å². The number of likely N-dealkylation sites (tertiary alicyclic amines) is 1. The highest BCUT2D eigenvalue weighted by atomic mass is 32.1. The second-order valence-electron chi connectivity index (χ2n) is 12.4. The molecule has 5 heterocycles. The number of nitrogen functional groups attached to an aromatic ring is 1. The number of thiophene rings is 1. The van der Waals surface area contributed by atoms with Crippen LogP contribution in [0.5, 0.6) is 0 Å². The quantitative estimate of drug-likeness (QED) is 0.236. The number of urea groups is 2. The fourth-order valence-electron chi connectivity index (χ4n) is 6.61. The number of aromatic nitrogens is 1. The number of nitrogens with two attached hydrogens (primary N) is 1. The number of piperidine rings is 1. The summed E-state index contributed by atoms with van der Waals surface area (Å²) in [6.07, 6.45) is -6.94. The van der Waals surface area contributed by atoms with Crippen molar-refractivity contribution in [3.05, 3.63) is 69.7 Å². The minimum absolute atomic E-state index is 0.169. The Hall–Kier alpha value is -4.74. The van der Waals surface area contributed by atoms with Gasteiger partial charge in [0, 0.05) is 80.8 Å². The minimum Gasteiger partial charge on any atom is -0.398 e. The maximum atomic E-state index is 13.9. The highest BCUT2D eigenvalue weighted by Gasteiger charge is 2.42. The highest BCUT2D eigenvalue weighted by molar-refractivity contribution is 7.08. The number of hydrogen-bond donors (Lipinski definition) is 3. The topological polar surface area (TPSA) is 127 Å². The van der Waals surface area contributed by atoms with Crippen LogP contribution in [0.3, 0.4) is 0 Å². The molecule has 3 aromatic rings. The van der Waals surface area contributed by atoms with Crippen molar-refractivity contribution in [2.75, 3.05) is 55.2 Å². The van der Waals surface area contributed by atoms with Gasteiger partial charge in [0.2, 0.25) is 5.91 Å². The first-order chi connectivity index (χ1) is 23.7. The Morgan fingerprint density at radius 3 is 2.16 bits per heavy atom. The molecule has 3 aliphatic rings. The lowest BCUT2D eigenvalue weighted by molar-refractivity contribution is -0.141. The SMILES string of the molecule is Nc1c(C(F)(F)F)cc(C[C@@H](NC(=O)N2CCC(N3Cc4cscc4NC3=O)CC2)C(=O)N2CCN(c3ccncc3)CC2)cc1C(F)(F)F. The van der Waals surface area contributed by atoms with Gasteiger partial charge in [-0.2, -0.15) is 26.3 Å². The zero-order valence-electron chi connectivity index (χ0n) is 26.6. The predicted octanol–water partition coefficient (Wildman–Crippen LogP) is 5.24. The molecule has 5 amide bonds. The molecule has 0 bridgehead atoms. The van der Waals surface area contributed by atoms with Gasteiger partial charge >= 0.3 is 24.4 Å². The van der Waals surface area contributed by atoms with E-state index >= 15 is 0 Å². The van der Waals surface area contributed by atoms with Gasteiger partial charge in [-0.3, -0.25) is 9.78 Å². The fraction of sp³-hybridized carbons (Fsp3) is 0.438. The van der Waals surface area contributed by atoms with Gasteiger partial charge in [0.25, 0.3) is 0 Å². The monoisotopic (exact) mass is 724 g/mol. The maximum Gasteiger partial charge on any atom is 0.418 e. The van der Waals surface area contributed by atoms with Gasteiger partial charge in [-0.1, -0.05) is 0 Å². The van der Waals surface area contributed by atoms with Crippen LogP contribution in [0.1, 0.15) is 35.1 Å². The van der Waals surface area contributed by atoms with E-state index in [1.807, 2.05) is 15.7 Å². The molecular weight excluding hydrogens is 690 g/mol. The molecule has 4 N–H and O–H groups in total. The molecule has 2 saturated heterocycles. The third kappa shape index (κ3) is 7.53. The van der Waals surface area contributed by atoms with Crippen molar-refractivity contribution in [2.24, 2.45) is 0 Å². The van der Waals surface area contributed by atoms with E-state index in [9.17, 15) is 40.7 Å². The average molecular weight is 725 g/mol. The smallest absolute Gasteiger partial charge is 0.398 e. The van der Waals surface area contributed by atoms with Gasteiger partial charge in [0.1, 0.15) is 6.04 Å². The van der Waals surface area contributed by atoms with Crippen molar-refractivity contribution in [1.82, 2.24) is 25.0 Å². The van der Waals surface area contributed by atoms with Crippen LogP contribution in [0.2, 0.25) is 0 Å². The molecule has 0 spiro atoms. The molecule has 11 nitrogen and oxygen atoms in total. The summed E-state index contributed by atoms with van der Waals surface area (Å²) in [6, 6.07) is 2.01. The van der Waals surface area contributed by atoms with E-state index in [2.05, 4.69) is 15.6 Å². The summed E-state index contributed by atoms with van der Waals surface area (Å²) in [5.74, 6) is -0.641. The number of nitrogens with zero attached hydrogens (tertiary/aromatic N) is 5. The highest BCUT2D eigenvalue weighted by Crippen LogP contribution is 2.42. The van der Waals surface area contributed by atoms with E-state index in [1.54, 1.807) is 29.4 Å². The van der Waals surface area contributed by atoms with Crippen LogP contribution in [0, 0.1) is 0 Å². The van der Waals surface area contributed by atoms with Crippen molar-refractivity contribution in [1.29, 1.82) is 0 Å². The van der Waals surface area contributed by atoms with E-state index in [0.717, 1.165) is 16.9 Å². The van der Waals surface area contributed by atoms with Crippen molar-refractivity contribution < 1.29 is 40.7 Å². The first-order valence-electron chi connectivity index (χ1n) is 15.9. The summed E-state index contributed by atoms with van der Waals surface area (Å²) in [7, 11) is 0. The molecule has 6 rings (SSSR count). The number of pyridine rings is 1. The lowest BCUT2D eigenvalue weighted by atomic mass is 9.96. The van der Waals surface area contributed by atoms with E-state index in [4.69, 9.17) is 5.73 Å². The molecule has 268 valence electrons. The molecule has 50 heavy (non-hydrogen) atoms. The summed E-state index contributed by atoms with van der Waals surface area (Å²) in [6.45, 7) is 2.05. The number of carbonyl (C=O) groups is 3. The zero-order chi connectivity index (χ0) is 35.8. The van der Waals surface area contributed by atoms with Gasteiger partial charge in [0.15, 0.2) is 0 Å². The largest absolute Gasteiger partial charge is 0.418 e. The Morgan fingerprint density at radius 2 is 1.56 bits per heavy atom. The van der Waals surface area contributed by atoms with Gasteiger partial charge in [-0.05, 0) is 48.1 Å². The Labute approximate surface area is 287 Å². The van der Waals surface area contributed by atoms with Crippen LogP contribution in [-0.4, -0.2) is 89.0 Å². The molecule has 0 radical (unpaired) electrons. The number of carbonyl (C=O) groups excluding carboxylic acids is 3. The summed E-state index contributed by atoms with van der Waals surface area (Å²) in [5.41, 5.74) is 2.69. The normalized spacial score (nSPS) is 18.1. The first kappa shape index (κ1) is 35.1. The first-order valence-corrected chi connectivity index (χ1v) is 16.8. The molecule has 0 aliphatic carbocycles. The number of piperazine rings is 1. The average Bonchev–Trinajstić information content (AvgIpc) is 3.54. The Kier molecular flexibility index (Phi) is 9.74. The molecule has 2 fully saturated rings. The van der Waals surface area contributed by atoms with Crippen molar-refractivity contribution in [3.8, 4) is 0 Å². The second kappa shape index (κ2) is 13.9. The molecule has 0 saturated carbocycles. The van der Waals surface area contributed by atoms with Crippen LogP contribution in [0.4, 0.5) is 53.0 Å². The number of benzene rings is 1. The molecular formula is C32H34F6N8O3S. The van der Waals surface area contributed by atoms with E-state index in [1.165, 1.54) is 21.1 Å². The number of alkyl halides is 6. The number of halogens is 6. The van der Waals surface area contributed by atoms with Crippen LogP contribution >= 0.6 is 11.3 Å². The molecule has 3 aliphatic heterocycles. The molecule has 0 unspecified atom stereocenters. The number of hydrogen-bond acceptors (Lipinski definition) is 7. The second-order valence-corrected chi connectivity index (χ2v) is 13.2. The van der Waals surface area contributed by atoms with Gasteiger partial charge in [0.05, 0.1) is 29.0 Å². The van der Waals surface area contributed by atoms with Crippen LogP contribution in [-0.2, 0) is 30.1 Å². The zero-order valence-corrected chi connectivity index (χ0v) is 27.4. The fourth-order valence-corrected chi connectivity index (χ4v) is 7.39. The van der Waals surface area contributed by atoms with Crippen LogP contribution in [0.15, 0.2) is 47.4 Å². The lowest BCUT2D eigenvalue weighted by Gasteiger charge is -2.41. The van der Waals surface area contributed by atoms with E-state index in [-0.39, 0.29) is 38.3 Å². The van der Waals surface area contributed by atoms with Gasteiger partial charge in [-0.25, -0.2) is 9.59 Å². The van der Waals surface area contributed by atoms with Crippen LogP contribution in [0.25, 0.3) is 0 Å². The Morgan fingerprint density at radius 1 is 0.940 bits per heavy atom. The number of nitrogens with one attached hydrogen (secondary N) is 2. The lowest BCUT2D eigenvalue weighted by Crippen LogP contribution is -2.58. The van der Waals surface area contributed by atoms with Gasteiger partial charge in [-0.15, -0.1) is 11.3 Å². The number of amides is 5. The summed E-state index contributed by atoms with van der Waals surface area (Å²) in [5, 5.41) is 9.28. The van der Waals surface area contributed by atoms with E-state index < -0.39 is 59.1 Å². The Bertz CT molecular complexity index is 1690. The third-order valence-corrected chi connectivity index (χ3v) is 10.1. The van der Waals surface area contributed by atoms with Crippen molar-refractivity contribution in [3.63, 3.8) is 0 Å². The molecule has 1 atom stereocenters. The van der Waals surface area contributed by atoms with Crippen molar-refractivity contribution >= 4 is 46.4 Å². The molecule has 18 heteroatoms. The summed E-state index contributed by atoms with van der Waals surface area (Å²) >= 11 is 1.48. The maximum absolute atomic E-state index is 13.9. The summed E-state index contributed by atoms with van der Waals surface area (Å²) < 4.78 is 82.9. The Balaban J connectivity index is 1.19.